The van der Waals surface area contributed by atoms with Gasteiger partial charge in [-0.05, 0) is 31.3 Å². The number of carbonyl (C=O) groups is 1. The van der Waals surface area contributed by atoms with Gasteiger partial charge in [-0.1, -0.05) is 11.6 Å². The molecule has 0 radical (unpaired) electrons. The number of hydrogen-bond acceptors (Lipinski definition) is 6. The minimum atomic E-state index is -0.970. The van der Waals surface area contributed by atoms with Crippen molar-refractivity contribution in [3.63, 3.8) is 0 Å². The van der Waals surface area contributed by atoms with E-state index in [2.05, 4.69) is 9.84 Å². The molecule has 0 saturated heterocycles. The minimum Gasteiger partial charge on any atom is -0.477 e. The van der Waals surface area contributed by atoms with Crippen molar-refractivity contribution < 1.29 is 18.7 Å². The van der Waals surface area contributed by atoms with Crippen molar-refractivity contribution in [2.45, 2.75) is 13.0 Å². The van der Waals surface area contributed by atoms with Gasteiger partial charge in [0.15, 0.2) is 16.6 Å². The van der Waals surface area contributed by atoms with Crippen LogP contribution in [0.15, 0.2) is 16.9 Å². The molecule has 7 nitrogen and oxygen atoms in total. The first-order valence-corrected chi connectivity index (χ1v) is 7.84. The molecule has 1 aromatic heterocycles. The van der Waals surface area contributed by atoms with Crippen LogP contribution in [-0.2, 0) is 23.6 Å². The molecular formula is C15H15ClFN3O4S. The van der Waals surface area contributed by atoms with Crippen molar-refractivity contribution in [2.75, 3.05) is 7.11 Å². The van der Waals surface area contributed by atoms with E-state index < -0.39 is 23.4 Å². The number of hydrogen-bond donors (Lipinski definition) is 0. The van der Waals surface area contributed by atoms with E-state index in [1.54, 1.807) is 0 Å². The van der Waals surface area contributed by atoms with E-state index in [0.29, 0.717) is 0 Å². The predicted molar refractivity (Wildman–Crippen MR) is 91.8 cm³/mol. The number of carbonyl (C=O) groups excluding carboxylic acids is 1. The number of aromatic nitrogens is 3. The number of esters is 1. The molecule has 0 amide bonds. The van der Waals surface area contributed by atoms with Crippen molar-refractivity contribution in [3.8, 4) is 17.0 Å². The zero-order valence-electron chi connectivity index (χ0n) is 13.9. The van der Waals surface area contributed by atoms with Crippen LogP contribution in [-0.4, -0.2) is 33.5 Å². The first-order valence-electron chi connectivity index (χ1n) is 7.05. The minimum absolute atomic E-state index is 0.0184. The molecule has 1 aromatic carbocycles. The van der Waals surface area contributed by atoms with Crippen LogP contribution >= 0.6 is 23.8 Å². The smallest absolute Gasteiger partial charge is 0.346 e. The third kappa shape index (κ3) is 3.72. The second-order valence-electron chi connectivity index (χ2n) is 5.16. The van der Waals surface area contributed by atoms with Gasteiger partial charge in [-0.15, -0.1) is 0 Å². The van der Waals surface area contributed by atoms with Gasteiger partial charge in [0.05, 0.1) is 12.1 Å². The van der Waals surface area contributed by atoms with Crippen molar-refractivity contribution >= 4 is 29.8 Å². The molecule has 0 unspecified atom stereocenters. The number of aryl methyl sites for hydroxylation is 1. The Hall–Kier alpha value is -2.26. The first-order chi connectivity index (χ1) is 11.7. The summed E-state index contributed by atoms with van der Waals surface area (Å²) < 4.78 is 27.0. The summed E-state index contributed by atoms with van der Waals surface area (Å²) >= 11 is 11.0. The third-order valence-corrected chi connectivity index (χ3v) is 4.27. The summed E-state index contributed by atoms with van der Waals surface area (Å²) in [7, 11) is 4.21. The zero-order valence-corrected chi connectivity index (χ0v) is 15.4. The van der Waals surface area contributed by atoms with Crippen LogP contribution in [0.25, 0.3) is 11.3 Å². The first kappa shape index (κ1) is 19.1. The summed E-state index contributed by atoms with van der Waals surface area (Å²) in [5.41, 5.74) is -0.859. The Kier molecular flexibility index (Phi) is 5.58. The standard InChI is InChI=1S/C15H15ClFN3O4S/c1-7(14(22)23-4)24-11-5-8(10(17)6-9(11)16)12-13(21)19(2)15(25)20(3)18-12/h5-7H,1-4H3/t7-/m1/s1. The Labute approximate surface area is 152 Å². The third-order valence-electron chi connectivity index (χ3n) is 3.43. The van der Waals surface area contributed by atoms with E-state index in [9.17, 15) is 14.0 Å². The molecule has 134 valence electrons. The van der Waals surface area contributed by atoms with Crippen LogP contribution < -0.4 is 10.3 Å². The number of methoxy groups -OCH3 is 1. The maximum absolute atomic E-state index is 14.4. The Morgan fingerprint density at radius 3 is 2.64 bits per heavy atom. The molecule has 0 fully saturated rings. The van der Waals surface area contributed by atoms with Gasteiger partial charge in [0.1, 0.15) is 11.6 Å². The monoisotopic (exact) mass is 387 g/mol. The summed E-state index contributed by atoms with van der Waals surface area (Å²) in [5, 5.41) is 3.96. The quantitative estimate of drug-likeness (QED) is 0.591. The van der Waals surface area contributed by atoms with E-state index in [-0.39, 0.29) is 26.8 Å². The highest BCUT2D eigenvalue weighted by molar-refractivity contribution is 7.71. The molecule has 0 aliphatic heterocycles. The molecule has 2 aromatic rings. The molecule has 0 saturated carbocycles. The van der Waals surface area contributed by atoms with Gasteiger partial charge in [-0.25, -0.2) is 13.9 Å². The molecule has 0 bridgehead atoms. The van der Waals surface area contributed by atoms with Crippen LogP contribution in [0.5, 0.6) is 5.75 Å². The lowest BCUT2D eigenvalue weighted by Gasteiger charge is -2.15. The molecule has 25 heavy (non-hydrogen) atoms. The molecular weight excluding hydrogens is 373 g/mol. The fourth-order valence-electron chi connectivity index (χ4n) is 2.07. The van der Waals surface area contributed by atoms with Gasteiger partial charge in [0.2, 0.25) is 0 Å². The summed E-state index contributed by atoms with van der Waals surface area (Å²) in [6.45, 7) is 1.45. The molecule has 1 atom stereocenters. The number of nitrogens with zero attached hydrogens (tertiary/aromatic N) is 3. The fraction of sp³-hybridized carbons (Fsp3) is 0.333. The van der Waals surface area contributed by atoms with Crippen molar-refractivity contribution in [2.24, 2.45) is 14.1 Å². The highest BCUT2D eigenvalue weighted by atomic mass is 35.5. The van der Waals surface area contributed by atoms with Crippen LogP contribution in [0, 0.1) is 10.6 Å². The lowest BCUT2D eigenvalue weighted by Crippen LogP contribution is -2.26. The maximum Gasteiger partial charge on any atom is 0.346 e. The van der Waals surface area contributed by atoms with Crippen LogP contribution in [0.3, 0.4) is 0 Å². The number of rotatable bonds is 4. The van der Waals surface area contributed by atoms with Gasteiger partial charge in [0.25, 0.3) is 5.56 Å². The van der Waals surface area contributed by atoms with Crippen molar-refractivity contribution in [1.82, 2.24) is 14.3 Å². The second kappa shape index (κ2) is 7.32. The Balaban J connectivity index is 2.61. The van der Waals surface area contributed by atoms with E-state index >= 15 is 0 Å². The normalized spacial score (nSPS) is 11.9. The Morgan fingerprint density at radius 1 is 1.40 bits per heavy atom. The molecule has 0 aliphatic carbocycles. The van der Waals surface area contributed by atoms with Gasteiger partial charge in [-0.2, -0.15) is 5.10 Å². The Morgan fingerprint density at radius 2 is 2.04 bits per heavy atom. The molecule has 1 heterocycles. The van der Waals surface area contributed by atoms with Crippen LogP contribution in [0.1, 0.15) is 6.92 Å². The number of benzene rings is 1. The molecule has 0 N–H and O–H groups in total. The average molecular weight is 388 g/mol. The van der Waals surface area contributed by atoms with Gasteiger partial charge in [-0.3, -0.25) is 9.36 Å². The summed E-state index contributed by atoms with van der Waals surface area (Å²) in [5.74, 6) is -1.37. The van der Waals surface area contributed by atoms with E-state index in [1.165, 1.54) is 43.4 Å². The number of ether oxygens (including phenoxy) is 2. The highest BCUT2D eigenvalue weighted by Gasteiger charge is 2.21. The average Bonchev–Trinajstić information content (AvgIpc) is 2.58. The lowest BCUT2D eigenvalue weighted by atomic mass is 10.1. The topological polar surface area (TPSA) is 75.3 Å². The van der Waals surface area contributed by atoms with Gasteiger partial charge >= 0.3 is 5.97 Å². The molecule has 2 rings (SSSR count). The molecule has 10 heteroatoms. The van der Waals surface area contributed by atoms with Crippen molar-refractivity contribution in [3.05, 3.63) is 38.1 Å². The van der Waals surface area contributed by atoms with E-state index in [0.717, 1.165) is 6.07 Å². The summed E-state index contributed by atoms with van der Waals surface area (Å²) in [6.07, 6.45) is -0.970. The van der Waals surface area contributed by atoms with Gasteiger partial charge in [0, 0.05) is 19.7 Å². The summed E-state index contributed by atoms with van der Waals surface area (Å²) in [4.78, 5) is 23.9. The Bertz CT molecular complexity index is 957. The number of halogens is 2. The molecule has 0 spiro atoms. The summed E-state index contributed by atoms with van der Waals surface area (Å²) in [6, 6.07) is 2.20. The zero-order chi connectivity index (χ0) is 18.9. The van der Waals surface area contributed by atoms with Crippen LogP contribution in [0.2, 0.25) is 5.02 Å². The molecule has 0 aliphatic rings. The SMILES string of the molecule is COC(=O)[C@@H](C)Oc1cc(-c2nn(C)c(=S)n(C)c2=O)c(F)cc1Cl. The highest BCUT2D eigenvalue weighted by Crippen LogP contribution is 2.32. The van der Waals surface area contributed by atoms with Crippen molar-refractivity contribution in [1.29, 1.82) is 0 Å². The van der Waals surface area contributed by atoms with E-state index in [1.807, 2.05) is 0 Å². The van der Waals surface area contributed by atoms with Crippen LogP contribution in [0.4, 0.5) is 4.39 Å². The van der Waals surface area contributed by atoms with Gasteiger partial charge < -0.3 is 9.47 Å². The largest absolute Gasteiger partial charge is 0.477 e. The predicted octanol–water partition coefficient (Wildman–Crippen LogP) is 2.25. The second-order valence-corrected chi connectivity index (χ2v) is 5.94. The van der Waals surface area contributed by atoms with E-state index in [4.69, 9.17) is 28.6 Å². The fourth-order valence-corrected chi connectivity index (χ4v) is 2.39. The maximum atomic E-state index is 14.4. The lowest BCUT2D eigenvalue weighted by molar-refractivity contribution is -0.147.